The third kappa shape index (κ3) is 3.99. The lowest BCUT2D eigenvalue weighted by Crippen LogP contribution is -2.43. The molecule has 0 unspecified atom stereocenters. The van der Waals surface area contributed by atoms with E-state index in [1.54, 1.807) is 6.33 Å². The number of aromatic nitrogens is 4. The molecule has 7 nitrogen and oxygen atoms in total. The zero-order valence-corrected chi connectivity index (χ0v) is 16.4. The molecule has 0 amide bonds. The molecule has 2 aromatic heterocycles. The zero-order valence-electron chi connectivity index (χ0n) is 16.4. The van der Waals surface area contributed by atoms with Crippen molar-refractivity contribution in [2.75, 3.05) is 37.7 Å². The normalized spacial score (nSPS) is 14.3. The van der Waals surface area contributed by atoms with Gasteiger partial charge in [0, 0.05) is 49.9 Å². The number of piperazine rings is 1. The molecule has 0 bridgehead atoms. The highest BCUT2D eigenvalue weighted by atomic mass is 16.5. The fraction of sp³-hybridized carbons (Fsp3) is 0.381. The summed E-state index contributed by atoms with van der Waals surface area (Å²) in [6.45, 7) is 8.52. The molecule has 3 aromatic rings. The lowest BCUT2D eigenvalue weighted by molar-refractivity contribution is 0.322. The van der Waals surface area contributed by atoms with Crippen LogP contribution in [0.1, 0.15) is 17.0 Å². The van der Waals surface area contributed by atoms with Crippen LogP contribution in [0.3, 0.4) is 0 Å². The number of benzene rings is 1. The van der Waals surface area contributed by atoms with Crippen molar-refractivity contribution >= 4 is 5.82 Å². The van der Waals surface area contributed by atoms with Crippen LogP contribution in [0.15, 0.2) is 36.7 Å². The van der Waals surface area contributed by atoms with Crippen LogP contribution in [0, 0.1) is 13.8 Å². The number of para-hydroxylation sites is 1. The summed E-state index contributed by atoms with van der Waals surface area (Å²) < 4.78 is 6.13. The highest BCUT2D eigenvalue weighted by Crippen LogP contribution is 2.30. The Balaban J connectivity index is 1.51. The van der Waals surface area contributed by atoms with Gasteiger partial charge < -0.3 is 15.0 Å². The molecule has 0 saturated carbocycles. The van der Waals surface area contributed by atoms with Gasteiger partial charge in [-0.15, -0.1) is 0 Å². The Morgan fingerprint density at radius 2 is 1.93 bits per heavy atom. The summed E-state index contributed by atoms with van der Waals surface area (Å²) in [4.78, 5) is 11.3. The van der Waals surface area contributed by atoms with Crippen molar-refractivity contribution in [1.29, 1.82) is 0 Å². The Morgan fingerprint density at radius 1 is 1.11 bits per heavy atom. The number of hydrogen-bond donors (Lipinski definition) is 2. The molecule has 1 aliphatic heterocycles. The van der Waals surface area contributed by atoms with Gasteiger partial charge in [0.15, 0.2) is 0 Å². The molecule has 7 heteroatoms. The van der Waals surface area contributed by atoms with Gasteiger partial charge in [0.25, 0.3) is 0 Å². The van der Waals surface area contributed by atoms with Crippen molar-refractivity contribution in [3.8, 4) is 17.0 Å². The molecule has 2 N–H and O–H groups in total. The number of nitrogens with one attached hydrogen (secondary N) is 2. The number of aryl methyl sites for hydroxylation is 2. The van der Waals surface area contributed by atoms with Crippen molar-refractivity contribution in [2.45, 2.75) is 20.3 Å². The molecule has 0 atom stereocenters. The van der Waals surface area contributed by atoms with E-state index < -0.39 is 0 Å². The van der Waals surface area contributed by atoms with Crippen LogP contribution in [-0.4, -0.2) is 53.0 Å². The average Bonchev–Trinajstić information content (AvgIpc) is 3.07. The second kappa shape index (κ2) is 8.39. The molecule has 4 rings (SSSR count). The standard InChI is InChI=1S/C21H26N6O/c1-15-17(16(2)26-25-15)7-12-28-20-6-4-3-5-18(20)19-13-21(24-14-23-19)27-10-8-22-9-11-27/h3-6,13-14,22H,7-12H2,1-2H3,(H,25,26). The van der Waals surface area contributed by atoms with Gasteiger partial charge in [0.05, 0.1) is 18.0 Å². The van der Waals surface area contributed by atoms with Gasteiger partial charge in [-0.05, 0) is 31.5 Å². The van der Waals surface area contributed by atoms with Crippen LogP contribution in [0.25, 0.3) is 11.3 Å². The Morgan fingerprint density at radius 3 is 2.71 bits per heavy atom. The van der Waals surface area contributed by atoms with Gasteiger partial charge in [0.2, 0.25) is 0 Å². The molecular weight excluding hydrogens is 352 g/mol. The van der Waals surface area contributed by atoms with E-state index in [-0.39, 0.29) is 0 Å². The molecule has 1 fully saturated rings. The molecule has 0 radical (unpaired) electrons. The Labute approximate surface area is 165 Å². The molecule has 28 heavy (non-hydrogen) atoms. The van der Waals surface area contributed by atoms with Crippen LogP contribution < -0.4 is 15.0 Å². The maximum atomic E-state index is 6.13. The van der Waals surface area contributed by atoms with Crippen LogP contribution in [0.5, 0.6) is 5.75 Å². The van der Waals surface area contributed by atoms with E-state index in [1.807, 2.05) is 38.1 Å². The summed E-state index contributed by atoms with van der Waals surface area (Å²) in [6.07, 6.45) is 2.46. The first-order chi connectivity index (χ1) is 13.7. The smallest absolute Gasteiger partial charge is 0.132 e. The summed E-state index contributed by atoms with van der Waals surface area (Å²) in [5.41, 5.74) is 5.23. The first-order valence-electron chi connectivity index (χ1n) is 9.73. The van der Waals surface area contributed by atoms with E-state index in [0.717, 1.165) is 66.8 Å². The number of anilines is 1. The molecule has 0 spiro atoms. The monoisotopic (exact) mass is 378 g/mol. The molecule has 146 valence electrons. The number of rotatable bonds is 6. The van der Waals surface area contributed by atoms with Crippen molar-refractivity contribution in [1.82, 2.24) is 25.5 Å². The quantitative estimate of drug-likeness (QED) is 0.686. The summed E-state index contributed by atoms with van der Waals surface area (Å²) in [6, 6.07) is 10.1. The predicted octanol–water partition coefficient (Wildman–Crippen LogP) is 2.51. The second-order valence-corrected chi connectivity index (χ2v) is 7.01. The summed E-state index contributed by atoms with van der Waals surface area (Å²) in [7, 11) is 0. The van der Waals surface area contributed by atoms with Crippen LogP contribution >= 0.6 is 0 Å². The minimum atomic E-state index is 0.591. The zero-order chi connectivity index (χ0) is 19.3. The highest BCUT2D eigenvalue weighted by molar-refractivity contribution is 5.69. The Bertz CT molecular complexity index is 913. The Hall–Kier alpha value is -2.93. The van der Waals surface area contributed by atoms with Crippen molar-refractivity contribution < 1.29 is 4.74 Å². The third-order valence-corrected chi connectivity index (χ3v) is 5.15. The largest absolute Gasteiger partial charge is 0.493 e. The maximum absolute atomic E-state index is 6.13. The van der Waals surface area contributed by atoms with Crippen LogP contribution in [-0.2, 0) is 6.42 Å². The topological polar surface area (TPSA) is 79.0 Å². The highest BCUT2D eigenvalue weighted by Gasteiger charge is 2.15. The van der Waals surface area contributed by atoms with Crippen molar-refractivity contribution in [2.24, 2.45) is 0 Å². The van der Waals surface area contributed by atoms with Gasteiger partial charge in [-0.1, -0.05) is 12.1 Å². The minimum Gasteiger partial charge on any atom is -0.493 e. The fourth-order valence-electron chi connectivity index (χ4n) is 3.57. The van der Waals surface area contributed by atoms with Crippen molar-refractivity contribution in [3.63, 3.8) is 0 Å². The van der Waals surface area contributed by atoms with Gasteiger partial charge in [-0.2, -0.15) is 5.10 Å². The van der Waals surface area contributed by atoms with E-state index >= 15 is 0 Å². The van der Waals surface area contributed by atoms with E-state index in [0.29, 0.717) is 6.61 Å². The molecule has 1 aliphatic rings. The summed E-state index contributed by atoms with van der Waals surface area (Å²) >= 11 is 0. The van der Waals surface area contributed by atoms with E-state index in [9.17, 15) is 0 Å². The fourth-order valence-corrected chi connectivity index (χ4v) is 3.57. The molecule has 1 aromatic carbocycles. The van der Waals surface area contributed by atoms with Gasteiger partial charge >= 0.3 is 0 Å². The first kappa shape index (κ1) is 18.4. The number of ether oxygens (including phenoxy) is 1. The van der Waals surface area contributed by atoms with E-state index in [1.165, 1.54) is 5.56 Å². The van der Waals surface area contributed by atoms with Gasteiger partial charge in [-0.3, -0.25) is 5.10 Å². The van der Waals surface area contributed by atoms with E-state index in [4.69, 9.17) is 4.74 Å². The average molecular weight is 378 g/mol. The number of aromatic amines is 1. The third-order valence-electron chi connectivity index (χ3n) is 5.15. The maximum Gasteiger partial charge on any atom is 0.132 e. The number of hydrogen-bond acceptors (Lipinski definition) is 6. The lowest BCUT2D eigenvalue weighted by Gasteiger charge is -2.28. The first-order valence-corrected chi connectivity index (χ1v) is 9.73. The minimum absolute atomic E-state index is 0.591. The molecule has 0 aliphatic carbocycles. The van der Waals surface area contributed by atoms with Crippen molar-refractivity contribution in [3.05, 3.63) is 53.6 Å². The summed E-state index contributed by atoms with van der Waals surface area (Å²) in [5.74, 6) is 1.80. The van der Waals surface area contributed by atoms with Gasteiger partial charge in [-0.25, -0.2) is 9.97 Å². The number of nitrogens with zero attached hydrogens (tertiary/aromatic N) is 4. The van der Waals surface area contributed by atoms with E-state index in [2.05, 4.69) is 36.4 Å². The SMILES string of the molecule is Cc1n[nH]c(C)c1CCOc1ccccc1-c1cc(N2CCNCC2)ncn1. The van der Waals surface area contributed by atoms with Crippen LogP contribution in [0.2, 0.25) is 0 Å². The van der Waals surface area contributed by atoms with Crippen LogP contribution in [0.4, 0.5) is 5.82 Å². The molecular formula is C21H26N6O. The number of H-pyrrole nitrogens is 1. The Kier molecular flexibility index (Phi) is 5.53. The molecule has 3 heterocycles. The molecule has 1 saturated heterocycles. The lowest BCUT2D eigenvalue weighted by atomic mass is 10.1. The van der Waals surface area contributed by atoms with Gasteiger partial charge in [0.1, 0.15) is 17.9 Å². The predicted molar refractivity (Wildman–Crippen MR) is 110 cm³/mol. The second-order valence-electron chi connectivity index (χ2n) is 7.01. The summed E-state index contributed by atoms with van der Waals surface area (Å²) in [5, 5.41) is 10.7.